The summed E-state index contributed by atoms with van der Waals surface area (Å²) in [4.78, 5) is 0. The highest BCUT2D eigenvalue weighted by molar-refractivity contribution is 9.10. The van der Waals surface area contributed by atoms with Gasteiger partial charge in [-0.3, -0.25) is 0 Å². The summed E-state index contributed by atoms with van der Waals surface area (Å²) in [5.41, 5.74) is 7.61. The van der Waals surface area contributed by atoms with E-state index >= 15 is 0 Å². The smallest absolute Gasteiger partial charge is 0.320 e. The fraction of sp³-hybridized carbons (Fsp3) is 0.200. The predicted octanol–water partition coefficient (Wildman–Crippen LogP) is 4.82. The summed E-state index contributed by atoms with van der Waals surface area (Å²) in [6.07, 6.45) is -4.36. The van der Waals surface area contributed by atoms with Gasteiger partial charge < -0.3 is 5.73 Å². The number of rotatable bonds is 2. The van der Waals surface area contributed by atoms with Gasteiger partial charge >= 0.3 is 6.18 Å². The minimum absolute atomic E-state index is 0.445. The maximum atomic E-state index is 12.7. The fourth-order valence-corrected chi connectivity index (χ4v) is 2.43. The molecule has 106 valence electrons. The molecule has 2 rings (SSSR count). The van der Waals surface area contributed by atoms with Crippen molar-refractivity contribution in [1.29, 1.82) is 0 Å². The van der Waals surface area contributed by atoms with Gasteiger partial charge in [0.05, 0.1) is 11.6 Å². The summed E-state index contributed by atoms with van der Waals surface area (Å²) in [5.74, 6) is 0. The number of hydrogen-bond acceptors (Lipinski definition) is 1. The van der Waals surface area contributed by atoms with Gasteiger partial charge in [0, 0.05) is 4.47 Å². The Hall–Kier alpha value is -1.33. The highest BCUT2D eigenvalue weighted by Crippen LogP contribution is 2.33. The quantitative estimate of drug-likeness (QED) is 0.830. The monoisotopic (exact) mass is 343 g/mol. The molecule has 20 heavy (non-hydrogen) atoms. The molecule has 0 aromatic heterocycles. The van der Waals surface area contributed by atoms with E-state index in [4.69, 9.17) is 5.73 Å². The summed E-state index contributed by atoms with van der Waals surface area (Å²) >= 11 is 3.40. The lowest BCUT2D eigenvalue weighted by molar-refractivity contribution is -0.137. The van der Waals surface area contributed by atoms with E-state index < -0.39 is 17.8 Å². The zero-order valence-electron chi connectivity index (χ0n) is 10.7. The van der Waals surface area contributed by atoms with Crippen LogP contribution in [-0.4, -0.2) is 0 Å². The van der Waals surface area contributed by atoms with Crippen molar-refractivity contribution in [2.24, 2.45) is 5.73 Å². The molecule has 5 heteroatoms. The second-order valence-corrected chi connectivity index (χ2v) is 5.41. The average Bonchev–Trinajstić information content (AvgIpc) is 2.40. The van der Waals surface area contributed by atoms with E-state index in [1.807, 2.05) is 25.1 Å². The van der Waals surface area contributed by atoms with Crippen molar-refractivity contribution in [3.05, 3.63) is 69.2 Å². The molecule has 1 unspecified atom stereocenters. The van der Waals surface area contributed by atoms with Gasteiger partial charge in [-0.25, -0.2) is 0 Å². The standard InChI is InChI=1S/C15H13BrF3N/c1-9-12(6-3-7-13(9)16)14(20)10-4-2-5-11(8-10)15(17,18)19/h2-8,14H,20H2,1H3. The molecule has 0 saturated carbocycles. The Morgan fingerprint density at radius 3 is 2.40 bits per heavy atom. The molecule has 0 bridgehead atoms. The molecule has 0 aliphatic heterocycles. The Kier molecular flexibility index (Phi) is 4.20. The molecule has 1 atom stereocenters. The first-order valence-corrected chi connectivity index (χ1v) is 6.77. The molecule has 0 radical (unpaired) electrons. The van der Waals surface area contributed by atoms with Gasteiger partial charge in [0.2, 0.25) is 0 Å². The Morgan fingerprint density at radius 1 is 1.10 bits per heavy atom. The SMILES string of the molecule is Cc1c(Br)cccc1C(N)c1cccc(C(F)(F)F)c1. The zero-order valence-corrected chi connectivity index (χ0v) is 12.3. The lowest BCUT2D eigenvalue weighted by atomic mass is 9.94. The van der Waals surface area contributed by atoms with E-state index in [2.05, 4.69) is 15.9 Å². The molecule has 0 saturated heterocycles. The minimum atomic E-state index is -4.36. The van der Waals surface area contributed by atoms with E-state index in [0.717, 1.165) is 27.7 Å². The Balaban J connectivity index is 2.44. The first-order valence-electron chi connectivity index (χ1n) is 5.98. The van der Waals surface area contributed by atoms with Crippen LogP contribution in [0.15, 0.2) is 46.9 Å². The van der Waals surface area contributed by atoms with Crippen molar-refractivity contribution < 1.29 is 13.2 Å². The van der Waals surface area contributed by atoms with Crippen molar-refractivity contribution in [1.82, 2.24) is 0 Å². The number of halogens is 4. The van der Waals surface area contributed by atoms with Crippen LogP contribution in [0.4, 0.5) is 13.2 Å². The third-order valence-electron chi connectivity index (χ3n) is 3.22. The lowest BCUT2D eigenvalue weighted by Gasteiger charge is -2.17. The van der Waals surface area contributed by atoms with Crippen LogP contribution in [0.25, 0.3) is 0 Å². The molecule has 2 aromatic rings. The second-order valence-electron chi connectivity index (χ2n) is 4.55. The highest BCUT2D eigenvalue weighted by atomic mass is 79.9. The van der Waals surface area contributed by atoms with Gasteiger partial charge in [-0.15, -0.1) is 0 Å². The number of hydrogen-bond donors (Lipinski definition) is 1. The molecule has 0 aliphatic carbocycles. The topological polar surface area (TPSA) is 26.0 Å². The van der Waals surface area contributed by atoms with Crippen LogP contribution in [0.5, 0.6) is 0 Å². The van der Waals surface area contributed by atoms with Crippen LogP contribution in [0.2, 0.25) is 0 Å². The summed E-state index contributed by atoms with van der Waals surface area (Å²) in [7, 11) is 0. The maximum Gasteiger partial charge on any atom is 0.416 e. The van der Waals surface area contributed by atoms with Crippen molar-refractivity contribution >= 4 is 15.9 Å². The van der Waals surface area contributed by atoms with E-state index in [-0.39, 0.29) is 0 Å². The van der Waals surface area contributed by atoms with Gasteiger partial charge in [0.1, 0.15) is 0 Å². The molecule has 2 N–H and O–H groups in total. The summed E-state index contributed by atoms with van der Waals surface area (Å²) in [5, 5.41) is 0. The molecule has 1 nitrogen and oxygen atoms in total. The van der Waals surface area contributed by atoms with Crippen LogP contribution >= 0.6 is 15.9 Å². The van der Waals surface area contributed by atoms with E-state index in [1.165, 1.54) is 6.07 Å². The molecular weight excluding hydrogens is 331 g/mol. The van der Waals surface area contributed by atoms with Gasteiger partial charge in [-0.1, -0.05) is 40.2 Å². The maximum absolute atomic E-state index is 12.7. The fourth-order valence-electron chi connectivity index (χ4n) is 2.05. The molecule has 0 aliphatic rings. The van der Waals surface area contributed by atoms with Gasteiger partial charge in [-0.05, 0) is 41.8 Å². The summed E-state index contributed by atoms with van der Waals surface area (Å²) in [6, 6.07) is 10.1. The van der Waals surface area contributed by atoms with Crippen molar-refractivity contribution in [2.45, 2.75) is 19.1 Å². The Bertz CT molecular complexity index is 623. The summed E-state index contributed by atoms with van der Waals surface area (Å²) < 4.78 is 39.1. The van der Waals surface area contributed by atoms with Gasteiger partial charge in [-0.2, -0.15) is 13.2 Å². The second kappa shape index (κ2) is 5.58. The number of nitrogens with two attached hydrogens (primary N) is 1. The molecule has 0 fully saturated rings. The third kappa shape index (κ3) is 3.04. The largest absolute Gasteiger partial charge is 0.416 e. The van der Waals surface area contributed by atoms with Crippen LogP contribution in [0.1, 0.15) is 28.3 Å². The van der Waals surface area contributed by atoms with Crippen molar-refractivity contribution in [3.63, 3.8) is 0 Å². The van der Waals surface area contributed by atoms with Crippen LogP contribution in [0.3, 0.4) is 0 Å². The molecule has 0 amide bonds. The van der Waals surface area contributed by atoms with Gasteiger partial charge in [0.15, 0.2) is 0 Å². The van der Waals surface area contributed by atoms with E-state index in [1.54, 1.807) is 6.07 Å². The van der Waals surface area contributed by atoms with Crippen LogP contribution in [-0.2, 0) is 6.18 Å². The van der Waals surface area contributed by atoms with Crippen LogP contribution in [0, 0.1) is 6.92 Å². The minimum Gasteiger partial charge on any atom is -0.320 e. The molecule has 0 spiro atoms. The number of alkyl halides is 3. The molecular formula is C15H13BrF3N. The van der Waals surface area contributed by atoms with Gasteiger partial charge in [0.25, 0.3) is 0 Å². The van der Waals surface area contributed by atoms with E-state index in [0.29, 0.717) is 5.56 Å². The first kappa shape index (κ1) is 15.1. The third-order valence-corrected chi connectivity index (χ3v) is 4.08. The number of benzene rings is 2. The average molecular weight is 344 g/mol. The normalized spacial score (nSPS) is 13.3. The molecule has 2 aromatic carbocycles. The van der Waals surface area contributed by atoms with Crippen molar-refractivity contribution in [3.8, 4) is 0 Å². The van der Waals surface area contributed by atoms with E-state index in [9.17, 15) is 13.2 Å². The Morgan fingerprint density at radius 2 is 1.75 bits per heavy atom. The molecule has 0 heterocycles. The predicted molar refractivity (Wildman–Crippen MR) is 76.4 cm³/mol. The first-order chi connectivity index (χ1) is 9.30. The highest BCUT2D eigenvalue weighted by Gasteiger charge is 2.30. The van der Waals surface area contributed by atoms with Crippen molar-refractivity contribution in [2.75, 3.05) is 0 Å². The lowest BCUT2D eigenvalue weighted by Crippen LogP contribution is -2.15. The summed E-state index contributed by atoms with van der Waals surface area (Å²) in [6.45, 7) is 1.88. The Labute approximate surface area is 123 Å². The zero-order chi connectivity index (χ0) is 14.9. The van der Waals surface area contributed by atoms with Crippen LogP contribution < -0.4 is 5.73 Å².